The molecule has 2 rings (SSSR count). The van der Waals surface area contributed by atoms with Crippen LogP contribution in [-0.2, 0) is 10.0 Å². The number of halogens is 2. The molecule has 0 spiro atoms. The first-order valence-electron chi connectivity index (χ1n) is 5.36. The molecule has 0 saturated carbocycles. The molecule has 1 aromatic carbocycles. The van der Waals surface area contributed by atoms with E-state index < -0.39 is 10.0 Å². The van der Waals surface area contributed by atoms with E-state index >= 15 is 0 Å². The number of nitrogens with zero attached hydrogens (tertiary/aromatic N) is 2. The molecule has 3 N–H and O–H groups in total. The van der Waals surface area contributed by atoms with Crippen LogP contribution in [0.15, 0.2) is 38.5 Å². The lowest BCUT2D eigenvalue weighted by atomic mass is 10.2. The van der Waals surface area contributed by atoms with Gasteiger partial charge in [-0.25, -0.2) is 18.4 Å². The minimum absolute atomic E-state index is 0.0669. The largest absolute Gasteiger partial charge is 0.398 e. The van der Waals surface area contributed by atoms with E-state index in [9.17, 15) is 8.42 Å². The second-order valence-electron chi connectivity index (χ2n) is 3.96. The maximum absolute atomic E-state index is 12.2. The summed E-state index contributed by atoms with van der Waals surface area (Å²) < 4.78 is 27.6. The Balaban J connectivity index is 2.38. The zero-order chi connectivity index (χ0) is 14.9. The first kappa shape index (κ1) is 15.2. The summed E-state index contributed by atoms with van der Waals surface area (Å²) in [4.78, 5) is 8.02. The third-order valence-corrected chi connectivity index (χ3v) is 4.76. The van der Waals surface area contributed by atoms with Crippen molar-refractivity contribution in [3.05, 3.63) is 39.2 Å². The van der Waals surface area contributed by atoms with Gasteiger partial charge in [0, 0.05) is 5.69 Å². The zero-order valence-electron chi connectivity index (χ0n) is 10.3. The Labute approximate surface area is 133 Å². The van der Waals surface area contributed by atoms with E-state index in [-0.39, 0.29) is 15.3 Å². The molecule has 0 aliphatic rings. The van der Waals surface area contributed by atoms with Crippen molar-refractivity contribution in [2.24, 2.45) is 0 Å². The number of nitrogens with one attached hydrogen (secondary N) is 1. The van der Waals surface area contributed by atoms with Gasteiger partial charge in [0.2, 0.25) is 0 Å². The number of nitrogen functional groups attached to an aromatic ring is 1. The highest BCUT2D eigenvalue weighted by molar-refractivity contribution is 9.11. The highest BCUT2D eigenvalue weighted by Crippen LogP contribution is 2.24. The summed E-state index contributed by atoms with van der Waals surface area (Å²) in [5.41, 5.74) is 6.95. The predicted molar refractivity (Wildman–Crippen MR) is 83.8 cm³/mol. The number of hydrogen-bond acceptors (Lipinski definition) is 5. The zero-order valence-corrected chi connectivity index (χ0v) is 14.3. The number of aryl methyl sites for hydroxylation is 1. The van der Waals surface area contributed by atoms with Crippen LogP contribution in [0.5, 0.6) is 0 Å². The minimum Gasteiger partial charge on any atom is -0.398 e. The molecule has 0 saturated heterocycles. The summed E-state index contributed by atoms with van der Waals surface area (Å²) in [6.07, 6.45) is 1.39. The Morgan fingerprint density at radius 2 is 2.00 bits per heavy atom. The average Bonchev–Trinajstić information content (AvgIpc) is 2.36. The molecule has 1 heterocycles. The van der Waals surface area contributed by atoms with Gasteiger partial charge in [0.25, 0.3) is 10.0 Å². The lowest BCUT2D eigenvalue weighted by molar-refractivity contribution is 0.601. The summed E-state index contributed by atoms with van der Waals surface area (Å²) in [5, 5.41) is 0. The summed E-state index contributed by atoms with van der Waals surface area (Å²) in [6, 6.07) is 4.53. The van der Waals surface area contributed by atoms with Gasteiger partial charge in [0.15, 0.2) is 10.4 Å². The first-order valence-corrected chi connectivity index (χ1v) is 8.43. The molecule has 0 atom stereocenters. The average molecular weight is 422 g/mol. The van der Waals surface area contributed by atoms with E-state index in [1.165, 1.54) is 18.3 Å². The lowest BCUT2D eigenvalue weighted by Crippen LogP contribution is -2.15. The molecule has 0 fully saturated rings. The van der Waals surface area contributed by atoms with E-state index in [2.05, 4.69) is 46.5 Å². The molecule has 0 unspecified atom stereocenters. The number of benzene rings is 1. The Morgan fingerprint density at radius 1 is 1.30 bits per heavy atom. The summed E-state index contributed by atoms with van der Waals surface area (Å²) in [5.74, 6) is 0.104. The maximum atomic E-state index is 12.2. The van der Waals surface area contributed by atoms with Crippen LogP contribution in [-0.4, -0.2) is 18.4 Å². The topological polar surface area (TPSA) is 98.0 Å². The quantitative estimate of drug-likeness (QED) is 0.742. The minimum atomic E-state index is -3.77. The highest BCUT2D eigenvalue weighted by Gasteiger charge is 2.17. The van der Waals surface area contributed by atoms with Crippen LogP contribution in [0, 0.1) is 6.92 Å². The Bertz CT molecular complexity index is 765. The molecule has 0 radical (unpaired) electrons. The number of anilines is 2. The summed E-state index contributed by atoms with van der Waals surface area (Å²) >= 11 is 6.28. The number of aromatic nitrogens is 2. The van der Waals surface area contributed by atoms with E-state index in [0.717, 1.165) is 5.56 Å². The van der Waals surface area contributed by atoms with Crippen LogP contribution >= 0.6 is 31.9 Å². The molecule has 6 nitrogen and oxygen atoms in total. The van der Waals surface area contributed by atoms with Crippen LogP contribution < -0.4 is 10.5 Å². The van der Waals surface area contributed by atoms with Crippen molar-refractivity contribution < 1.29 is 8.42 Å². The van der Waals surface area contributed by atoms with Crippen molar-refractivity contribution in [2.45, 2.75) is 11.8 Å². The van der Waals surface area contributed by atoms with Crippen LogP contribution in [0.2, 0.25) is 0 Å². The molecule has 0 amide bonds. The molecule has 106 valence electrons. The van der Waals surface area contributed by atoms with Crippen molar-refractivity contribution in [3.63, 3.8) is 0 Å². The van der Waals surface area contributed by atoms with Gasteiger partial charge in [0.1, 0.15) is 4.60 Å². The Hall–Kier alpha value is -1.19. The third kappa shape index (κ3) is 3.28. The van der Waals surface area contributed by atoms with Crippen molar-refractivity contribution in [2.75, 3.05) is 10.5 Å². The van der Waals surface area contributed by atoms with Crippen molar-refractivity contribution in [3.8, 4) is 0 Å². The van der Waals surface area contributed by atoms with E-state index in [4.69, 9.17) is 5.73 Å². The normalized spacial score (nSPS) is 11.3. The lowest BCUT2D eigenvalue weighted by Gasteiger charge is -2.09. The summed E-state index contributed by atoms with van der Waals surface area (Å²) in [7, 11) is -3.77. The van der Waals surface area contributed by atoms with Crippen molar-refractivity contribution in [1.82, 2.24) is 9.97 Å². The van der Waals surface area contributed by atoms with Gasteiger partial charge in [-0.15, -0.1) is 0 Å². The van der Waals surface area contributed by atoms with Crippen LogP contribution in [0.25, 0.3) is 0 Å². The molecule has 9 heteroatoms. The van der Waals surface area contributed by atoms with Crippen LogP contribution in [0.1, 0.15) is 5.56 Å². The molecule has 1 aromatic heterocycles. The van der Waals surface area contributed by atoms with E-state index in [1.807, 2.05) is 0 Å². The molecule has 0 bridgehead atoms. The maximum Gasteiger partial charge on any atom is 0.263 e. The number of rotatable bonds is 3. The fourth-order valence-corrected chi connectivity index (χ4v) is 3.48. The molecular formula is C11H10Br2N4O2S. The second kappa shape index (κ2) is 5.66. The van der Waals surface area contributed by atoms with E-state index in [0.29, 0.717) is 10.3 Å². The Morgan fingerprint density at radius 3 is 2.60 bits per heavy atom. The third-order valence-electron chi connectivity index (χ3n) is 2.49. The van der Waals surface area contributed by atoms with Gasteiger partial charge < -0.3 is 5.73 Å². The van der Waals surface area contributed by atoms with Crippen LogP contribution in [0.3, 0.4) is 0 Å². The van der Waals surface area contributed by atoms with Gasteiger partial charge in [0.05, 0.1) is 11.1 Å². The standard InChI is InChI=1S/C11H10Br2N4O2S/c1-6-2-3-7(4-8(6)14)20(18,19)17-11-10(13)16-9(12)5-15-11/h2-5H,14H2,1H3,(H,15,17). The summed E-state index contributed by atoms with van der Waals surface area (Å²) in [6.45, 7) is 1.80. The number of nitrogens with two attached hydrogens (primary N) is 1. The van der Waals surface area contributed by atoms with Crippen LogP contribution in [0.4, 0.5) is 11.5 Å². The van der Waals surface area contributed by atoms with Gasteiger partial charge in [-0.2, -0.15) is 0 Å². The molecule has 0 aliphatic carbocycles. The molecule has 20 heavy (non-hydrogen) atoms. The van der Waals surface area contributed by atoms with Crippen molar-refractivity contribution in [1.29, 1.82) is 0 Å². The molecule has 2 aromatic rings. The predicted octanol–water partition coefficient (Wildman–Crippen LogP) is 2.69. The number of sulfonamides is 1. The fraction of sp³-hybridized carbons (Fsp3) is 0.0909. The smallest absolute Gasteiger partial charge is 0.263 e. The first-order chi connectivity index (χ1) is 9.29. The van der Waals surface area contributed by atoms with Gasteiger partial charge in [-0.3, -0.25) is 4.72 Å². The van der Waals surface area contributed by atoms with Crippen molar-refractivity contribution >= 4 is 53.4 Å². The van der Waals surface area contributed by atoms with Gasteiger partial charge in [-0.05, 0) is 56.5 Å². The second-order valence-corrected chi connectivity index (χ2v) is 7.20. The monoisotopic (exact) mass is 420 g/mol. The molecular weight excluding hydrogens is 412 g/mol. The molecule has 0 aliphatic heterocycles. The van der Waals surface area contributed by atoms with E-state index in [1.54, 1.807) is 13.0 Å². The Kier molecular flexibility index (Phi) is 4.31. The fourth-order valence-electron chi connectivity index (χ4n) is 1.39. The van der Waals surface area contributed by atoms with Gasteiger partial charge >= 0.3 is 0 Å². The van der Waals surface area contributed by atoms with Gasteiger partial charge in [-0.1, -0.05) is 6.07 Å². The number of hydrogen-bond donors (Lipinski definition) is 2. The SMILES string of the molecule is Cc1ccc(S(=O)(=O)Nc2ncc(Br)nc2Br)cc1N. The highest BCUT2D eigenvalue weighted by atomic mass is 79.9.